The van der Waals surface area contributed by atoms with Crippen LogP contribution >= 0.6 is 0 Å². The van der Waals surface area contributed by atoms with Gasteiger partial charge < -0.3 is 15.8 Å². The molecule has 0 unspecified atom stereocenters. The van der Waals surface area contributed by atoms with Crippen LogP contribution in [0, 0.1) is 13.8 Å². The highest BCUT2D eigenvalue weighted by Gasteiger charge is 2.05. The number of carbonyl (C=O) groups is 1. The summed E-state index contributed by atoms with van der Waals surface area (Å²) in [6.07, 6.45) is 0. The molecule has 0 aliphatic carbocycles. The third-order valence-corrected chi connectivity index (χ3v) is 2.28. The van der Waals surface area contributed by atoms with Crippen LogP contribution in [0.1, 0.15) is 21.5 Å². The van der Waals surface area contributed by atoms with Gasteiger partial charge in [-0.1, -0.05) is 17.2 Å². The van der Waals surface area contributed by atoms with E-state index < -0.39 is 0 Å². The maximum Gasteiger partial charge on any atom is 0.251 e. The minimum absolute atomic E-state index is 0.0619. The van der Waals surface area contributed by atoms with Crippen molar-refractivity contribution in [3.63, 3.8) is 0 Å². The number of hydrogen-bond donors (Lipinski definition) is 2. The molecule has 0 heterocycles. The lowest BCUT2D eigenvalue weighted by atomic mass is 10.1. The number of carbonyl (C=O) groups excluding carboxylic acids is 1. The maximum absolute atomic E-state index is 11.8. The maximum atomic E-state index is 11.8. The molecule has 0 saturated carbocycles. The minimum Gasteiger partial charge on any atom is -0.378 e. The van der Waals surface area contributed by atoms with Crippen LogP contribution in [0.3, 0.4) is 0 Å². The number of ether oxygens (including phenoxy) is 1. The normalized spacial score (nSPS) is 10.3. The largest absolute Gasteiger partial charge is 0.378 e. The van der Waals surface area contributed by atoms with Gasteiger partial charge in [0.2, 0.25) is 0 Å². The Kier molecular flexibility index (Phi) is 5.66. The third-order valence-electron chi connectivity index (χ3n) is 2.28. The fraction of sp³-hybridized carbons (Fsp3) is 0.462. The van der Waals surface area contributed by atoms with Gasteiger partial charge >= 0.3 is 0 Å². The van der Waals surface area contributed by atoms with E-state index in [2.05, 4.69) is 5.32 Å². The molecule has 0 fully saturated rings. The molecule has 4 nitrogen and oxygen atoms in total. The number of rotatable bonds is 6. The van der Waals surface area contributed by atoms with Crippen molar-refractivity contribution in [3.05, 3.63) is 34.9 Å². The molecule has 17 heavy (non-hydrogen) atoms. The average Bonchev–Trinajstić information content (AvgIpc) is 2.27. The zero-order valence-electron chi connectivity index (χ0n) is 10.5. The molecule has 0 aromatic heterocycles. The predicted molar refractivity (Wildman–Crippen MR) is 68.1 cm³/mol. The summed E-state index contributed by atoms with van der Waals surface area (Å²) in [5, 5.41) is 2.81. The van der Waals surface area contributed by atoms with E-state index in [0.29, 0.717) is 31.9 Å². The predicted octanol–water partition coefficient (Wildman–Crippen LogP) is 1.01. The lowest BCUT2D eigenvalue weighted by molar-refractivity contribution is 0.0919. The number of nitrogens with one attached hydrogen (secondary N) is 1. The second-order valence-electron chi connectivity index (χ2n) is 4.03. The fourth-order valence-corrected chi connectivity index (χ4v) is 1.63. The van der Waals surface area contributed by atoms with Crippen LogP contribution in [-0.4, -0.2) is 32.2 Å². The van der Waals surface area contributed by atoms with Crippen LogP contribution in [-0.2, 0) is 4.74 Å². The topological polar surface area (TPSA) is 64.3 Å². The molecule has 0 bridgehead atoms. The van der Waals surface area contributed by atoms with Crippen molar-refractivity contribution in [1.29, 1.82) is 0 Å². The molecule has 0 spiro atoms. The van der Waals surface area contributed by atoms with Crippen LogP contribution in [0.25, 0.3) is 0 Å². The Morgan fingerprint density at radius 2 is 1.88 bits per heavy atom. The Bertz CT molecular complexity index is 357. The zero-order chi connectivity index (χ0) is 12.7. The van der Waals surface area contributed by atoms with Gasteiger partial charge in [0, 0.05) is 18.7 Å². The molecule has 3 N–H and O–H groups in total. The van der Waals surface area contributed by atoms with Crippen molar-refractivity contribution in [2.75, 3.05) is 26.3 Å². The SMILES string of the molecule is Cc1cc(C)cc(C(=O)NCCOCCN)c1. The lowest BCUT2D eigenvalue weighted by Gasteiger charge is -2.07. The van der Waals surface area contributed by atoms with Gasteiger partial charge in [-0.05, 0) is 26.0 Å². The van der Waals surface area contributed by atoms with Gasteiger partial charge in [-0.15, -0.1) is 0 Å². The Morgan fingerprint density at radius 3 is 2.47 bits per heavy atom. The van der Waals surface area contributed by atoms with E-state index in [0.717, 1.165) is 11.1 Å². The van der Waals surface area contributed by atoms with Crippen molar-refractivity contribution in [2.45, 2.75) is 13.8 Å². The summed E-state index contributed by atoms with van der Waals surface area (Å²) in [5.74, 6) is -0.0619. The first-order valence-electron chi connectivity index (χ1n) is 5.78. The number of aryl methyl sites for hydroxylation is 2. The molecule has 0 atom stereocenters. The monoisotopic (exact) mass is 236 g/mol. The van der Waals surface area contributed by atoms with E-state index in [1.54, 1.807) is 0 Å². The van der Waals surface area contributed by atoms with Gasteiger partial charge in [-0.2, -0.15) is 0 Å². The molecule has 1 rings (SSSR count). The Morgan fingerprint density at radius 1 is 1.24 bits per heavy atom. The summed E-state index contributed by atoms with van der Waals surface area (Å²) >= 11 is 0. The van der Waals surface area contributed by atoms with E-state index in [9.17, 15) is 4.79 Å². The van der Waals surface area contributed by atoms with Gasteiger partial charge in [0.25, 0.3) is 5.91 Å². The van der Waals surface area contributed by atoms with Crippen LogP contribution in [0.5, 0.6) is 0 Å². The highest BCUT2D eigenvalue weighted by atomic mass is 16.5. The minimum atomic E-state index is -0.0619. The van der Waals surface area contributed by atoms with Crippen LogP contribution < -0.4 is 11.1 Å². The first-order chi connectivity index (χ1) is 8.13. The smallest absolute Gasteiger partial charge is 0.251 e. The summed E-state index contributed by atoms with van der Waals surface area (Å²) in [5.41, 5.74) is 8.16. The molecule has 1 aromatic carbocycles. The van der Waals surface area contributed by atoms with Crippen LogP contribution in [0.4, 0.5) is 0 Å². The summed E-state index contributed by atoms with van der Waals surface area (Å²) in [7, 11) is 0. The van der Waals surface area contributed by atoms with Crippen molar-refractivity contribution in [3.8, 4) is 0 Å². The quantitative estimate of drug-likeness (QED) is 0.724. The van der Waals surface area contributed by atoms with Crippen molar-refractivity contribution < 1.29 is 9.53 Å². The summed E-state index contributed by atoms with van der Waals surface area (Å²) in [6, 6.07) is 5.80. The second kappa shape index (κ2) is 7.04. The van der Waals surface area contributed by atoms with E-state index in [-0.39, 0.29) is 5.91 Å². The first kappa shape index (κ1) is 13.7. The second-order valence-corrected chi connectivity index (χ2v) is 4.03. The third kappa shape index (κ3) is 4.97. The lowest BCUT2D eigenvalue weighted by Crippen LogP contribution is -2.28. The molecule has 4 heteroatoms. The Balaban J connectivity index is 2.41. The molecule has 94 valence electrons. The standard InChI is InChI=1S/C13H20N2O2/c1-10-7-11(2)9-12(8-10)13(16)15-4-6-17-5-3-14/h7-9H,3-6,14H2,1-2H3,(H,15,16). The number of benzene rings is 1. The van der Waals surface area contributed by atoms with Gasteiger partial charge in [0.05, 0.1) is 13.2 Å². The molecule has 0 aliphatic heterocycles. The Labute approximate surface area is 102 Å². The van der Waals surface area contributed by atoms with E-state index in [1.807, 2.05) is 32.0 Å². The van der Waals surface area contributed by atoms with E-state index >= 15 is 0 Å². The highest BCUT2D eigenvalue weighted by Crippen LogP contribution is 2.08. The van der Waals surface area contributed by atoms with Crippen molar-refractivity contribution in [2.24, 2.45) is 5.73 Å². The summed E-state index contributed by atoms with van der Waals surface area (Å²) in [4.78, 5) is 11.8. The van der Waals surface area contributed by atoms with E-state index in [4.69, 9.17) is 10.5 Å². The van der Waals surface area contributed by atoms with Gasteiger partial charge in [0.15, 0.2) is 0 Å². The van der Waals surface area contributed by atoms with Gasteiger partial charge in [-0.25, -0.2) is 0 Å². The fourth-order valence-electron chi connectivity index (χ4n) is 1.63. The number of hydrogen-bond acceptors (Lipinski definition) is 3. The average molecular weight is 236 g/mol. The number of amides is 1. The van der Waals surface area contributed by atoms with Gasteiger partial charge in [-0.3, -0.25) is 4.79 Å². The molecule has 0 saturated heterocycles. The molecule has 0 aliphatic rings. The molecular weight excluding hydrogens is 216 g/mol. The van der Waals surface area contributed by atoms with E-state index in [1.165, 1.54) is 0 Å². The number of nitrogens with two attached hydrogens (primary N) is 1. The summed E-state index contributed by atoms with van der Waals surface area (Å²) < 4.78 is 5.18. The molecule has 0 radical (unpaired) electrons. The Hall–Kier alpha value is -1.39. The van der Waals surface area contributed by atoms with Crippen LogP contribution in [0.2, 0.25) is 0 Å². The van der Waals surface area contributed by atoms with Gasteiger partial charge in [0.1, 0.15) is 0 Å². The first-order valence-corrected chi connectivity index (χ1v) is 5.78. The van der Waals surface area contributed by atoms with Crippen molar-refractivity contribution >= 4 is 5.91 Å². The molecule has 1 amide bonds. The van der Waals surface area contributed by atoms with Crippen LogP contribution in [0.15, 0.2) is 18.2 Å². The van der Waals surface area contributed by atoms with Crippen molar-refractivity contribution in [1.82, 2.24) is 5.32 Å². The highest BCUT2D eigenvalue weighted by molar-refractivity contribution is 5.94. The molecule has 1 aromatic rings. The zero-order valence-corrected chi connectivity index (χ0v) is 10.5. The molecular formula is C13H20N2O2. The summed E-state index contributed by atoms with van der Waals surface area (Å²) in [6.45, 7) is 5.99.